The molecule has 0 aliphatic heterocycles. The number of thiophene rings is 1. The molecule has 1 N–H and O–H groups in total. The third-order valence-electron chi connectivity index (χ3n) is 2.91. The predicted molar refractivity (Wildman–Crippen MR) is 77.4 cm³/mol. The van der Waals surface area contributed by atoms with Gasteiger partial charge in [-0.2, -0.15) is 5.10 Å². The topological polar surface area (TPSA) is 29.9 Å². The molecule has 18 heavy (non-hydrogen) atoms. The molecule has 0 radical (unpaired) electrons. The SMILES string of the molecule is CCCNC(c1cc(C)n(C)n1)c1ccc(Cl)s1. The fraction of sp³-hybridized carbons (Fsp3) is 0.462. The van der Waals surface area contributed by atoms with E-state index in [4.69, 9.17) is 11.6 Å². The van der Waals surface area contributed by atoms with Crippen LogP contribution in [0.25, 0.3) is 0 Å². The van der Waals surface area contributed by atoms with Gasteiger partial charge in [-0.25, -0.2) is 0 Å². The molecular weight excluding hydrogens is 266 g/mol. The highest BCUT2D eigenvalue weighted by molar-refractivity contribution is 7.16. The molecule has 0 saturated carbocycles. The van der Waals surface area contributed by atoms with E-state index in [1.54, 1.807) is 11.3 Å². The van der Waals surface area contributed by atoms with Gasteiger partial charge in [-0.05, 0) is 38.1 Å². The Morgan fingerprint density at radius 2 is 2.28 bits per heavy atom. The van der Waals surface area contributed by atoms with E-state index in [-0.39, 0.29) is 6.04 Å². The summed E-state index contributed by atoms with van der Waals surface area (Å²) < 4.78 is 2.73. The van der Waals surface area contributed by atoms with Crippen molar-refractivity contribution in [2.24, 2.45) is 7.05 Å². The zero-order valence-corrected chi connectivity index (χ0v) is 12.5. The number of hydrogen-bond acceptors (Lipinski definition) is 3. The second kappa shape index (κ2) is 5.87. The first kappa shape index (κ1) is 13.6. The molecule has 2 aromatic rings. The van der Waals surface area contributed by atoms with Crippen molar-refractivity contribution < 1.29 is 0 Å². The number of aromatic nitrogens is 2. The molecule has 1 atom stereocenters. The first-order valence-corrected chi connectivity index (χ1v) is 7.30. The molecule has 0 bridgehead atoms. The van der Waals surface area contributed by atoms with E-state index in [0.29, 0.717) is 0 Å². The minimum absolute atomic E-state index is 0.141. The van der Waals surface area contributed by atoms with Crippen molar-refractivity contribution in [1.82, 2.24) is 15.1 Å². The summed E-state index contributed by atoms with van der Waals surface area (Å²) in [5, 5.41) is 8.10. The second-order valence-corrected chi connectivity index (χ2v) is 6.11. The van der Waals surface area contributed by atoms with Crippen LogP contribution >= 0.6 is 22.9 Å². The first-order valence-electron chi connectivity index (χ1n) is 6.11. The molecule has 0 aliphatic rings. The van der Waals surface area contributed by atoms with Crippen LogP contribution in [-0.2, 0) is 7.05 Å². The molecule has 2 aromatic heterocycles. The first-order chi connectivity index (χ1) is 8.61. The van der Waals surface area contributed by atoms with Crippen molar-refractivity contribution in [3.05, 3.63) is 38.8 Å². The monoisotopic (exact) mass is 283 g/mol. The Hall–Kier alpha value is -0.840. The summed E-state index contributed by atoms with van der Waals surface area (Å²) in [5.74, 6) is 0. The smallest absolute Gasteiger partial charge is 0.0931 e. The molecule has 0 saturated heterocycles. The Morgan fingerprint density at radius 3 is 2.78 bits per heavy atom. The van der Waals surface area contributed by atoms with Crippen molar-refractivity contribution in [1.29, 1.82) is 0 Å². The largest absolute Gasteiger partial charge is 0.304 e. The quantitative estimate of drug-likeness (QED) is 0.910. The number of nitrogens with zero attached hydrogens (tertiary/aromatic N) is 2. The van der Waals surface area contributed by atoms with E-state index in [1.807, 2.05) is 17.8 Å². The maximum atomic E-state index is 6.03. The molecule has 2 heterocycles. The number of hydrogen-bond donors (Lipinski definition) is 1. The summed E-state index contributed by atoms with van der Waals surface area (Å²) in [6.45, 7) is 5.19. The summed E-state index contributed by atoms with van der Waals surface area (Å²) in [4.78, 5) is 1.21. The lowest BCUT2D eigenvalue weighted by Gasteiger charge is -2.14. The van der Waals surface area contributed by atoms with Crippen LogP contribution in [0.4, 0.5) is 0 Å². The molecule has 3 nitrogen and oxygen atoms in total. The highest BCUT2D eigenvalue weighted by Gasteiger charge is 2.18. The highest BCUT2D eigenvalue weighted by Crippen LogP contribution is 2.30. The van der Waals surface area contributed by atoms with E-state index in [9.17, 15) is 0 Å². The molecule has 2 rings (SSSR count). The molecule has 0 spiro atoms. The van der Waals surface area contributed by atoms with Gasteiger partial charge in [0.1, 0.15) is 0 Å². The van der Waals surface area contributed by atoms with Crippen LogP contribution in [0.2, 0.25) is 4.34 Å². The van der Waals surface area contributed by atoms with Crippen LogP contribution in [0.3, 0.4) is 0 Å². The van der Waals surface area contributed by atoms with Crippen LogP contribution in [-0.4, -0.2) is 16.3 Å². The van der Waals surface area contributed by atoms with Crippen LogP contribution < -0.4 is 5.32 Å². The van der Waals surface area contributed by atoms with E-state index in [1.165, 1.54) is 4.88 Å². The van der Waals surface area contributed by atoms with Crippen LogP contribution in [0.15, 0.2) is 18.2 Å². The van der Waals surface area contributed by atoms with Gasteiger partial charge in [0.05, 0.1) is 16.1 Å². The molecule has 5 heteroatoms. The fourth-order valence-corrected chi connectivity index (χ4v) is 3.00. The van der Waals surface area contributed by atoms with Gasteiger partial charge in [-0.1, -0.05) is 18.5 Å². The minimum atomic E-state index is 0.141. The van der Waals surface area contributed by atoms with Gasteiger partial charge >= 0.3 is 0 Å². The molecule has 98 valence electrons. The Morgan fingerprint density at radius 1 is 1.50 bits per heavy atom. The van der Waals surface area contributed by atoms with Gasteiger partial charge in [0, 0.05) is 17.6 Å². The highest BCUT2D eigenvalue weighted by atomic mass is 35.5. The van der Waals surface area contributed by atoms with Crippen LogP contribution in [0.5, 0.6) is 0 Å². The van der Waals surface area contributed by atoms with Crippen molar-refractivity contribution in [2.45, 2.75) is 26.3 Å². The van der Waals surface area contributed by atoms with Gasteiger partial charge in [0.2, 0.25) is 0 Å². The van der Waals surface area contributed by atoms with E-state index >= 15 is 0 Å². The summed E-state index contributed by atoms with van der Waals surface area (Å²) >= 11 is 7.64. The van der Waals surface area contributed by atoms with Crippen LogP contribution in [0.1, 0.15) is 35.7 Å². The molecule has 0 aliphatic carbocycles. The lowest BCUT2D eigenvalue weighted by Crippen LogP contribution is -2.22. The van der Waals surface area contributed by atoms with Crippen molar-refractivity contribution in [3.63, 3.8) is 0 Å². The lowest BCUT2D eigenvalue weighted by molar-refractivity contribution is 0.581. The second-order valence-electron chi connectivity index (χ2n) is 4.36. The number of nitrogens with one attached hydrogen (secondary N) is 1. The Labute approximate surface area is 117 Å². The maximum absolute atomic E-state index is 6.03. The van der Waals surface area contributed by atoms with Crippen LogP contribution in [0, 0.1) is 6.92 Å². The van der Waals surface area contributed by atoms with Gasteiger partial charge in [-0.3, -0.25) is 4.68 Å². The predicted octanol–water partition coefficient (Wildman–Crippen LogP) is 3.53. The van der Waals surface area contributed by atoms with Gasteiger partial charge < -0.3 is 5.32 Å². The number of halogens is 1. The summed E-state index contributed by atoms with van der Waals surface area (Å²) in [6.07, 6.45) is 1.10. The van der Waals surface area contributed by atoms with Gasteiger partial charge in [-0.15, -0.1) is 11.3 Å². The molecular formula is C13H18ClN3S. The summed E-state index contributed by atoms with van der Waals surface area (Å²) in [7, 11) is 1.97. The molecule has 0 fully saturated rings. The standard InChI is InChI=1S/C13H18ClN3S/c1-4-7-15-13(11-5-6-12(14)18-11)10-8-9(2)17(3)16-10/h5-6,8,13,15H,4,7H2,1-3H3. The fourth-order valence-electron chi connectivity index (χ4n) is 1.85. The maximum Gasteiger partial charge on any atom is 0.0931 e. The van der Waals surface area contributed by atoms with Crippen molar-refractivity contribution in [3.8, 4) is 0 Å². The van der Waals surface area contributed by atoms with Gasteiger partial charge in [0.15, 0.2) is 0 Å². The minimum Gasteiger partial charge on any atom is -0.304 e. The Bertz CT molecular complexity index is 499. The molecule has 0 aromatic carbocycles. The average molecular weight is 284 g/mol. The van der Waals surface area contributed by atoms with E-state index < -0.39 is 0 Å². The zero-order chi connectivity index (χ0) is 13.1. The van der Waals surface area contributed by atoms with E-state index in [2.05, 4.69) is 36.4 Å². The van der Waals surface area contributed by atoms with Gasteiger partial charge in [0.25, 0.3) is 0 Å². The number of aryl methyl sites for hydroxylation is 2. The molecule has 0 amide bonds. The normalized spacial score (nSPS) is 12.9. The zero-order valence-electron chi connectivity index (χ0n) is 10.9. The van der Waals surface area contributed by atoms with E-state index in [0.717, 1.165) is 28.7 Å². The number of rotatable bonds is 5. The van der Waals surface area contributed by atoms with Crippen molar-refractivity contribution in [2.75, 3.05) is 6.54 Å². The third-order valence-corrected chi connectivity index (χ3v) is 4.20. The molecule has 1 unspecified atom stereocenters. The Kier molecular flexibility index (Phi) is 4.43. The lowest BCUT2D eigenvalue weighted by atomic mass is 10.1. The third kappa shape index (κ3) is 2.94. The summed E-state index contributed by atoms with van der Waals surface area (Å²) in [5.41, 5.74) is 2.22. The van der Waals surface area contributed by atoms with Crippen molar-refractivity contribution >= 4 is 22.9 Å². The Balaban J connectivity index is 2.30. The summed E-state index contributed by atoms with van der Waals surface area (Å²) in [6, 6.07) is 6.28. The average Bonchev–Trinajstić information content (AvgIpc) is 2.88.